The van der Waals surface area contributed by atoms with Crippen LogP contribution in [-0.4, -0.2) is 28.2 Å². The number of hydrogen-bond donors (Lipinski definition) is 2. The topological polar surface area (TPSA) is 57.5 Å². The first kappa shape index (κ1) is 22.5. The maximum Gasteiger partial charge on any atom is 0.119 e. The van der Waals surface area contributed by atoms with Gasteiger partial charge in [-0.1, -0.05) is 38.3 Å². The van der Waals surface area contributed by atoms with Crippen LogP contribution in [-0.2, 0) is 4.79 Å². The molecule has 0 amide bonds. The smallest absolute Gasteiger partial charge is 0.119 e. The summed E-state index contributed by atoms with van der Waals surface area (Å²) >= 11 is 0. The van der Waals surface area contributed by atoms with Gasteiger partial charge in [0, 0.05) is 6.42 Å². The Labute approximate surface area is 183 Å². The lowest BCUT2D eigenvalue weighted by Crippen LogP contribution is -2.53. The third-order valence-corrected chi connectivity index (χ3v) is 10.3. The number of hydrogen-bond acceptors (Lipinski definition) is 3. The van der Waals surface area contributed by atoms with Crippen molar-refractivity contribution in [3.05, 3.63) is 11.6 Å². The minimum Gasteiger partial charge on any atom is -0.393 e. The van der Waals surface area contributed by atoms with Gasteiger partial charge in [0.1, 0.15) is 6.29 Å². The Kier molecular flexibility index (Phi) is 6.27. The Morgan fingerprint density at radius 1 is 1.10 bits per heavy atom. The van der Waals surface area contributed by atoms with Crippen LogP contribution in [0.25, 0.3) is 0 Å². The summed E-state index contributed by atoms with van der Waals surface area (Å²) in [6, 6.07) is 0. The van der Waals surface area contributed by atoms with Crippen molar-refractivity contribution >= 4 is 6.29 Å². The lowest BCUT2D eigenvalue weighted by atomic mass is 9.46. The van der Waals surface area contributed by atoms with Crippen molar-refractivity contribution in [2.24, 2.45) is 34.5 Å². The highest BCUT2D eigenvalue weighted by atomic mass is 16.3. The van der Waals surface area contributed by atoms with E-state index in [9.17, 15) is 15.0 Å². The minimum absolute atomic E-state index is 0.132. The molecule has 1 unspecified atom stereocenters. The van der Waals surface area contributed by atoms with Gasteiger partial charge in [-0.2, -0.15) is 0 Å². The molecule has 3 saturated carbocycles. The Morgan fingerprint density at radius 3 is 2.67 bits per heavy atom. The number of carbonyl (C=O) groups excluding carboxylic acids is 1. The van der Waals surface area contributed by atoms with Crippen LogP contribution in [0.4, 0.5) is 0 Å². The lowest BCUT2D eigenvalue weighted by Gasteiger charge is -2.59. The molecule has 0 aromatic heterocycles. The second-order valence-corrected chi connectivity index (χ2v) is 12.0. The first-order valence-electron chi connectivity index (χ1n) is 12.8. The highest BCUT2D eigenvalue weighted by Gasteiger charge is 2.61. The summed E-state index contributed by atoms with van der Waals surface area (Å²) in [6.07, 6.45) is 17.1. The first-order chi connectivity index (χ1) is 14.2. The van der Waals surface area contributed by atoms with Crippen LogP contribution in [0.15, 0.2) is 11.6 Å². The van der Waals surface area contributed by atoms with Gasteiger partial charge >= 0.3 is 0 Å². The summed E-state index contributed by atoms with van der Waals surface area (Å²) in [6.45, 7) is 7.09. The number of aliphatic hydroxyl groups is 2. The van der Waals surface area contributed by atoms with Crippen molar-refractivity contribution < 1.29 is 15.0 Å². The zero-order valence-corrected chi connectivity index (χ0v) is 19.5. The van der Waals surface area contributed by atoms with E-state index < -0.39 is 5.60 Å². The summed E-state index contributed by atoms with van der Waals surface area (Å²) in [7, 11) is 0. The molecule has 0 radical (unpaired) electrons. The van der Waals surface area contributed by atoms with E-state index >= 15 is 0 Å². The molecule has 2 N–H and O–H groups in total. The van der Waals surface area contributed by atoms with Gasteiger partial charge in [0.25, 0.3) is 0 Å². The van der Waals surface area contributed by atoms with Gasteiger partial charge in [0.15, 0.2) is 0 Å². The molecule has 0 saturated heterocycles. The number of rotatable bonds is 7. The SMILES string of the molecule is CC(O)(CCCCCC=O)[C@H]1CC[C@H]2[C@@H]3CC=C4C[C@@H](O)CC[C@]4(C)[C@H]3CC[C@]12C. The third-order valence-electron chi connectivity index (χ3n) is 10.3. The van der Waals surface area contributed by atoms with Crippen molar-refractivity contribution in [2.75, 3.05) is 0 Å². The van der Waals surface area contributed by atoms with Crippen molar-refractivity contribution in [3.63, 3.8) is 0 Å². The fourth-order valence-electron chi connectivity index (χ4n) is 8.72. The molecular weight excluding hydrogens is 372 g/mol. The lowest BCUT2D eigenvalue weighted by molar-refractivity contribution is -0.108. The second-order valence-electron chi connectivity index (χ2n) is 12.0. The zero-order chi connectivity index (χ0) is 21.6. The molecule has 0 aliphatic heterocycles. The molecule has 170 valence electrons. The second kappa shape index (κ2) is 8.35. The van der Waals surface area contributed by atoms with Gasteiger partial charge in [-0.05, 0) is 106 Å². The Hall–Kier alpha value is -0.670. The van der Waals surface area contributed by atoms with Gasteiger partial charge < -0.3 is 15.0 Å². The number of fused-ring (bicyclic) bond motifs is 5. The van der Waals surface area contributed by atoms with E-state index in [4.69, 9.17) is 0 Å². The maximum atomic E-state index is 11.5. The van der Waals surface area contributed by atoms with Crippen molar-refractivity contribution in [2.45, 2.75) is 116 Å². The number of allylic oxidation sites excluding steroid dienone is 1. The van der Waals surface area contributed by atoms with E-state index in [0.29, 0.717) is 17.8 Å². The van der Waals surface area contributed by atoms with E-state index in [1.165, 1.54) is 25.7 Å². The van der Waals surface area contributed by atoms with Crippen molar-refractivity contribution in [3.8, 4) is 0 Å². The molecule has 3 heteroatoms. The maximum absolute atomic E-state index is 11.5. The first-order valence-corrected chi connectivity index (χ1v) is 12.8. The molecule has 30 heavy (non-hydrogen) atoms. The van der Waals surface area contributed by atoms with Gasteiger partial charge in [-0.25, -0.2) is 0 Å². The average molecular weight is 417 g/mol. The molecule has 4 aliphatic carbocycles. The highest BCUT2D eigenvalue weighted by molar-refractivity contribution is 5.48. The zero-order valence-electron chi connectivity index (χ0n) is 19.5. The van der Waals surface area contributed by atoms with Crippen LogP contribution in [0.1, 0.15) is 104 Å². The number of unbranched alkanes of at least 4 members (excludes halogenated alkanes) is 3. The van der Waals surface area contributed by atoms with Crippen LogP contribution in [0.2, 0.25) is 0 Å². The minimum atomic E-state index is -0.591. The summed E-state index contributed by atoms with van der Waals surface area (Å²) < 4.78 is 0. The van der Waals surface area contributed by atoms with Gasteiger partial charge in [-0.15, -0.1) is 0 Å². The molecule has 4 rings (SSSR count). The van der Waals surface area contributed by atoms with Crippen molar-refractivity contribution in [1.82, 2.24) is 0 Å². The van der Waals surface area contributed by atoms with Crippen LogP contribution in [0, 0.1) is 34.5 Å². The molecule has 0 heterocycles. The van der Waals surface area contributed by atoms with Crippen LogP contribution in [0.3, 0.4) is 0 Å². The van der Waals surface area contributed by atoms with Gasteiger partial charge in [0.05, 0.1) is 11.7 Å². The van der Waals surface area contributed by atoms with E-state index in [0.717, 1.165) is 75.4 Å². The monoisotopic (exact) mass is 416 g/mol. The molecule has 0 aromatic rings. The molecule has 4 aliphatic rings. The Balaban J connectivity index is 1.48. The van der Waals surface area contributed by atoms with E-state index in [-0.39, 0.29) is 11.5 Å². The predicted octanol–water partition coefficient (Wildman–Crippen LogP) is 5.83. The number of aliphatic hydroxyl groups excluding tert-OH is 1. The molecule has 0 bridgehead atoms. The molecule has 3 nitrogen and oxygen atoms in total. The molecule has 3 fully saturated rings. The fourth-order valence-corrected chi connectivity index (χ4v) is 8.72. The van der Waals surface area contributed by atoms with Crippen LogP contribution >= 0.6 is 0 Å². The molecule has 0 aromatic carbocycles. The molecular formula is C27H44O3. The van der Waals surface area contributed by atoms with Crippen molar-refractivity contribution in [1.29, 1.82) is 0 Å². The summed E-state index contributed by atoms with van der Waals surface area (Å²) in [5.74, 6) is 2.63. The van der Waals surface area contributed by atoms with E-state index in [2.05, 4.69) is 26.8 Å². The van der Waals surface area contributed by atoms with Gasteiger partial charge in [-0.3, -0.25) is 0 Å². The van der Waals surface area contributed by atoms with E-state index in [1.54, 1.807) is 5.57 Å². The summed E-state index contributed by atoms with van der Waals surface area (Å²) in [4.78, 5) is 10.5. The Bertz CT molecular complexity index is 667. The summed E-state index contributed by atoms with van der Waals surface area (Å²) in [5, 5.41) is 21.7. The Morgan fingerprint density at radius 2 is 1.90 bits per heavy atom. The van der Waals surface area contributed by atoms with Gasteiger partial charge in [0.2, 0.25) is 0 Å². The number of aldehydes is 1. The molecule has 0 spiro atoms. The third kappa shape index (κ3) is 3.72. The predicted molar refractivity (Wildman–Crippen MR) is 121 cm³/mol. The summed E-state index contributed by atoms with van der Waals surface area (Å²) in [5.41, 5.74) is 1.50. The standard InChI is InChI=1S/C27H44O3/c1-25-15-12-20(29)18-19(25)8-9-21-22-10-11-24(26(22,2)16-13-23(21)25)27(3,30)14-6-4-5-7-17-28/h8,17,20-24,29-30H,4-7,9-16,18H2,1-3H3/t20-,21-,22-,23-,24-,25-,26-,27?/m0/s1. The van der Waals surface area contributed by atoms with Crippen LogP contribution in [0.5, 0.6) is 0 Å². The van der Waals surface area contributed by atoms with Crippen LogP contribution < -0.4 is 0 Å². The largest absolute Gasteiger partial charge is 0.393 e. The molecule has 8 atom stereocenters. The fraction of sp³-hybridized carbons (Fsp3) is 0.889. The normalized spacial score (nSPS) is 45.0. The quantitative estimate of drug-likeness (QED) is 0.312. The highest BCUT2D eigenvalue weighted by Crippen LogP contribution is 2.67. The average Bonchev–Trinajstić information content (AvgIpc) is 3.06. The number of carbonyl (C=O) groups is 1. The van der Waals surface area contributed by atoms with E-state index in [1.807, 2.05) is 0 Å².